The number of carbonyl (C=O) groups is 1. The highest BCUT2D eigenvalue weighted by atomic mass is 19.1. The van der Waals surface area contributed by atoms with E-state index < -0.39 is 29.8 Å². The largest absolute Gasteiger partial charge is 0.473 e. The van der Waals surface area contributed by atoms with Gasteiger partial charge in [-0.3, -0.25) is 0 Å². The number of pyridine rings is 2. The SMILES string of the molecule is COCCOc1ncc(Nc2nc(N[C@H](CC(C)C)[C@H](C)NC(=O)O)c(F)cc2C#N)cc1F. The maximum absolute atomic E-state index is 14.7. The lowest BCUT2D eigenvalue weighted by Crippen LogP contribution is -2.45. The standard InChI is InChI=1S/C22H28F2N6O4/c1-12(2)7-18(13(3)27-22(31)32)29-20-16(23)8-14(10-25)19(30-20)28-15-9-17(24)21(26-11-15)34-6-5-33-4/h8-9,11-13,18,27H,5-7H2,1-4H3,(H,31,32)(H2,28,29,30)/t13-,18+/m0/s1. The topological polar surface area (TPSA) is 141 Å². The lowest BCUT2D eigenvalue weighted by atomic mass is 9.98. The monoisotopic (exact) mass is 478 g/mol. The third-order valence-corrected chi connectivity index (χ3v) is 4.70. The highest BCUT2D eigenvalue weighted by Crippen LogP contribution is 2.26. The number of amides is 1. The second-order valence-corrected chi connectivity index (χ2v) is 7.92. The Labute approximate surface area is 196 Å². The third kappa shape index (κ3) is 7.70. The number of hydrogen-bond donors (Lipinski definition) is 4. The van der Waals surface area contributed by atoms with Gasteiger partial charge in [0.05, 0.1) is 24.1 Å². The molecular weight excluding hydrogens is 450 g/mol. The van der Waals surface area contributed by atoms with Crippen LogP contribution in [0.4, 0.5) is 30.9 Å². The van der Waals surface area contributed by atoms with Crippen LogP contribution in [0.25, 0.3) is 0 Å². The zero-order valence-corrected chi connectivity index (χ0v) is 19.4. The smallest absolute Gasteiger partial charge is 0.404 e. The predicted molar refractivity (Wildman–Crippen MR) is 121 cm³/mol. The average Bonchev–Trinajstić information content (AvgIpc) is 2.76. The first-order valence-corrected chi connectivity index (χ1v) is 10.6. The molecule has 2 heterocycles. The van der Waals surface area contributed by atoms with Gasteiger partial charge >= 0.3 is 6.09 Å². The molecule has 0 saturated carbocycles. The van der Waals surface area contributed by atoms with Gasteiger partial charge in [-0.25, -0.2) is 23.5 Å². The maximum atomic E-state index is 14.7. The molecule has 0 aliphatic rings. The Morgan fingerprint density at radius 1 is 1.21 bits per heavy atom. The van der Waals surface area contributed by atoms with Gasteiger partial charge in [-0.05, 0) is 25.3 Å². The first-order valence-electron chi connectivity index (χ1n) is 10.6. The molecule has 0 fully saturated rings. The van der Waals surface area contributed by atoms with E-state index in [0.717, 1.165) is 12.1 Å². The van der Waals surface area contributed by atoms with E-state index in [9.17, 15) is 18.8 Å². The molecule has 0 radical (unpaired) electrons. The summed E-state index contributed by atoms with van der Waals surface area (Å²) in [4.78, 5) is 19.1. The highest BCUT2D eigenvalue weighted by molar-refractivity contribution is 5.66. The van der Waals surface area contributed by atoms with Crippen LogP contribution in [0, 0.1) is 28.9 Å². The lowest BCUT2D eigenvalue weighted by Gasteiger charge is -2.27. The van der Waals surface area contributed by atoms with E-state index in [0.29, 0.717) is 6.42 Å². The van der Waals surface area contributed by atoms with Crippen molar-refractivity contribution in [1.29, 1.82) is 5.26 Å². The van der Waals surface area contributed by atoms with Crippen LogP contribution in [0.15, 0.2) is 18.3 Å². The fourth-order valence-electron chi connectivity index (χ4n) is 3.10. The second-order valence-electron chi connectivity index (χ2n) is 7.92. The number of nitrogens with zero attached hydrogens (tertiary/aromatic N) is 3. The molecule has 0 aliphatic carbocycles. The quantitative estimate of drug-likeness (QED) is 0.334. The Morgan fingerprint density at radius 3 is 2.53 bits per heavy atom. The number of hydrogen-bond acceptors (Lipinski definition) is 8. The van der Waals surface area contributed by atoms with Gasteiger partial charge in [0.15, 0.2) is 23.3 Å². The lowest BCUT2D eigenvalue weighted by molar-refractivity contribution is 0.141. The molecule has 12 heteroatoms. The van der Waals surface area contributed by atoms with E-state index in [2.05, 4.69) is 25.9 Å². The molecule has 184 valence electrons. The summed E-state index contributed by atoms with van der Waals surface area (Å²) in [6.45, 7) is 5.93. The molecule has 34 heavy (non-hydrogen) atoms. The van der Waals surface area contributed by atoms with Gasteiger partial charge in [-0.2, -0.15) is 5.26 Å². The number of ether oxygens (including phenoxy) is 2. The zero-order valence-electron chi connectivity index (χ0n) is 19.4. The van der Waals surface area contributed by atoms with Gasteiger partial charge in [0.1, 0.15) is 12.7 Å². The van der Waals surface area contributed by atoms with Gasteiger partial charge in [-0.1, -0.05) is 13.8 Å². The molecule has 2 atom stereocenters. The highest BCUT2D eigenvalue weighted by Gasteiger charge is 2.23. The maximum Gasteiger partial charge on any atom is 0.404 e. The van der Waals surface area contributed by atoms with E-state index in [1.165, 1.54) is 13.3 Å². The summed E-state index contributed by atoms with van der Waals surface area (Å²) in [5, 5.41) is 26.5. The fourth-order valence-corrected chi connectivity index (χ4v) is 3.10. The van der Waals surface area contributed by atoms with E-state index in [4.69, 9.17) is 14.6 Å². The number of carboxylic acid groups (broad SMARTS) is 1. The van der Waals surface area contributed by atoms with E-state index in [-0.39, 0.29) is 47.9 Å². The summed E-state index contributed by atoms with van der Waals surface area (Å²) in [6.07, 6.45) is 0.596. The van der Waals surface area contributed by atoms with Crippen molar-refractivity contribution in [3.8, 4) is 11.9 Å². The summed E-state index contributed by atoms with van der Waals surface area (Å²) in [5.41, 5.74) is 0.0544. The van der Waals surface area contributed by atoms with Gasteiger partial charge < -0.3 is 30.5 Å². The minimum atomic E-state index is -1.21. The molecule has 0 spiro atoms. The minimum Gasteiger partial charge on any atom is -0.473 e. The van der Waals surface area contributed by atoms with Crippen LogP contribution in [0.1, 0.15) is 32.8 Å². The molecule has 0 aliphatic heterocycles. The molecule has 0 unspecified atom stereocenters. The average molecular weight is 479 g/mol. The number of aromatic nitrogens is 2. The van der Waals surface area contributed by atoms with Crippen LogP contribution in [-0.2, 0) is 4.74 Å². The Bertz CT molecular complexity index is 1030. The molecular formula is C22H28F2N6O4. The van der Waals surface area contributed by atoms with Crippen molar-refractivity contribution in [1.82, 2.24) is 15.3 Å². The fraction of sp³-hybridized carbons (Fsp3) is 0.455. The Morgan fingerprint density at radius 2 is 1.94 bits per heavy atom. The number of anilines is 3. The van der Waals surface area contributed by atoms with Crippen LogP contribution in [0.2, 0.25) is 0 Å². The van der Waals surface area contributed by atoms with Crippen LogP contribution >= 0.6 is 0 Å². The molecule has 2 aromatic rings. The van der Waals surface area contributed by atoms with Crippen molar-refractivity contribution in [2.45, 2.75) is 39.3 Å². The van der Waals surface area contributed by atoms with Gasteiger partial charge in [-0.15, -0.1) is 0 Å². The Hall–Kier alpha value is -3.72. The van der Waals surface area contributed by atoms with Crippen molar-refractivity contribution in [2.24, 2.45) is 5.92 Å². The number of nitrogens with one attached hydrogen (secondary N) is 3. The van der Waals surface area contributed by atoms with E-state index in [1.54, 1.807) is 6.92 Å². The minimum absolute atomic E-state index is 0.0252. The van der Waals surface area contributed by atoms with Crippen LogP contribution in [-0.4, -0.2) is 53.6 Å². The molecule has 0 aromatic carbocycles. The predicted octanol–water partition coefficient (Wildman–Crippen LogP) is 3.88. The first kappa shape index (κ1) is 26.5. The molecule has 2 aromatic heterocycles. The summed E-state index contributed by atoms with van der Waals surface area (Å²) in [6, 6.07) is 2.90. The zero-order chi connectivity index (χ0) is 25.3. The Balaban J connectivity index is 2.30. The summed E-state index contributed by atoms with van der Waals surface area (Å²) >= 11 is 0. The molecule has 0 bridgehead atoms. The normalized spacial score (nSPS) is 12.5. The first-order chi connectivity index (χ1) is 16.1. The molecule has 10 nitrogen and oxygen atoms in total. The number of halogens is 2. The van der Waals surface area contributed by atoms with Crippen molar-refractivity contribution in [3.63, 3.8) is 0 Å². The van der Waals surface area contributed by atoms with Crippen molar-refractivity contribution in [2.75, 3.05) is 31.0 Å². The summed E-state index contributed by atoms with van der Waals surface area (Å²) in [7, 11) is 1.49. The molecule has 1 amide bonds. The van der Waals surface area contributed by atoms with E-state index in [1.807, 2.05) is 19.9 Å². The van der Waals surface area contributed by atoms with Crippen LogP contribution in [0.5, 0.6) is 5.88 Å². The summed E-state index contributed by atoms with van der Waals surface area (Å²) < 4.78 is 39.0. The molecule has 0 saturated heterocycles. The van der Waals surface area contributed by atoms with Gasteiger partial charge in [0.2, 0.25) is 0 Å². The number of methoxy groups -OCH3 is 1. The molecule has 2 rings (SSSR count). The van der Waals surface area contributed by atoms with E-state index >= 15 is 0 Å². The van der Waals surface area contributed by atoms with Crippen molar-refractivity contribution in [3.05, 3.63) is 35.5 Å². The Kier molecular flexibility index (Phi) is 9.76. The molecule has 4 N–H and O–H groups in total. The second kappa shape index (κ2) is 12.5. The number of nitriles is 1. The number of rotatable bonds is 12. The third-order valence-electron chi connectivity index (χ3n) is 4.70. The van der Waals surface area contributed by atoms with Crippen LogP contribution in [0.3, 0.4) is 0 Å². The van der Waals surface area contributed by atoms with Gasteiger partial charge in [0, 0.05) is 25.3 Å². The summed E-state index contributed by atoms with van der Waals surface area (Å²) in [5.74, 6) is -1.78. The van der Waals surface area contributed by atoms with Gasteiger partial charge in [0.25, 0.3) is 5.88 Å². The van der Waals surface area contributed by atoms with Crippen molar-refractivity contribution < 1.29 is 28.2 Å². The van der Waals surface area contributed by atoms with Crippen LogP contribution < -0.4 is 20.7 Å². The van der Waals surface area contributed by atoms with Crippen molar-refractivity contribution >= 4 is 23.4 Å².